The number of urea groups is 1. The van der Waals surface area contributed by atoms with E-state index in [9.17, 15) is 14.4 Å². The van der Waals surface area contributed by atoms with Crippen LogP contribution in [0.5, 0.6) is 0 Å². The fourth-order valence-corrected chi connectivity index (χ4v) is 1.12. The van der Waals surface area contributed by atoms with Crippen LogP contribution in [0.1, 0.15) is 19.3 Å². The van der Waals surface area contributed by atoms with E-state index in [0.717, 1.165) is 0 Å². The summed E-state index contributed by atoms with van der Waals surface area (Å²) < 4.78 is 4.39. The number of methoxy groups -OCH3 is 1. The summed E-state index contributed by atoms with van der Waals surface area (Å²) in [7, 11) is 1.22. The highest BCUT2D eigenvalue weighted by atomic mass is 16.5. The third-order valence-electron chi connectivity index (χ3n) is 2.10. The van der Waals surface area contributed by atoms with Gasteiger partial charge in [-0.3, -0.25) is 4.79 Å². The first kappa shape index (κ1) is 16.0. The van der Waals surface area contributed by atoms with Gasteiger partial charge in [-0.25, -0.2) is 9.59 Å². The van der Waals surface area contributed by atoms with E-state index in [2.05, 4.69) is 21.9 Å². The molecule has 0 saturated carbocycles. The lowest BCUT2D eigenvalue weighted by Crippen LogP contribution is -2.46. The Hall–Kier alpha value is -2.05. The number of aliphatic carboxylic acids is 1. The van der Waals surface area contributed by atoms with Crippen LogP contribution < -0.4 is 10.6 Å². The van der Waals surface area contributed by atoms with Gasteiger partial charge in [0.1, 0.15) is 6.04 Å². The minimum absolute atomic E-state index is 0.0170. The van der Waals surface area contributed by atoms with E-state index >= 15 is 0 Å². The second kappa shape index (κ2) is 9.03. The van der Waals surface area contributed by atoms with E-state index in [1.807, 2.05) is 0 Å². The topological polar surface area (TPSA) is 105 Å². The Balaban J connectivity index is 4.10. The molecule has 0 aliphatic heterocycles. The van der Waals surface area contributed by atoms with Gasteiger partial charge in [0, 0.05) is 13.0 Å². The number of carbonyl (C=O) groups is 3. The molecule has 2 amide bonds. The van der Waals surface area contributed by atoms with E-state index in [1.54, 1.807) is 6.08 Å². The van der Waals surface area contributed by atoms with Crippen molar-refractivity contribution in [3.05, 3.63) is 12.7 Å². The van der Waals surface area contributed by atoms with Gasteiger partial charge in [0.2, 0.25) is 0 Å². The molecule has 7 nitrogen and oxygen atoms in total. The highest BCUT2D eigenvalue weighted by Crippen LogP contribution is 1.99. The van der Waals surface area contributed by atoms with Crippen molar-refractivity contribution < 1.29 is 24.2 Å². The van der Waals surface area contributed by atoms with Crippen LogP contribution in [0.15, 0.2) is 12.7 Å². The molecule has 0 bridgehead atoms. The summed E-state index contributed by atoms with van der Waals surface area (Å²) >= 11 is 0. The molecule has 7 heteroatoms. The number of carboxylic acid groups (broad SMARTS) is 1. The standard InChI is InChI=1S/C11H18N2O5/c1-3-4-7-12-11(17)13-8(10(15)16)5-6-9(14)18-2/h3,8H,1,4-7H2,2H3,(H,15,16)(H2,12,13,17)/t8-/m0/s1. The minimum atomic E-state index is -1.20. The SMILES string of the molecule is C=CCCNC(=O)N[C@@H](CCC(=O)OC)C(=O)O. The van der Waals surface area contributed by atoms with E-state index in [1.165, 1.54) is 7.11 Å². The van der Waals surface area contributed by atoms with E-state index < -0.39 is 24.0 Å². The Morgan fingerprint density at radius 1 is 1.44 bits per heavy atom. The van der Waals surface area contributed by atoms with Crippen LogP contribution in [0, 0.1) is 0 Å². The zero-order valence-electron chi connectivity index (χ0n) is 10.3. The van der Waals surface area contributed by atoms with Gasteiger partial charge in [0.25, 0.3) is 0 Å². The van der Waals surface area contributed by atoms with Crippen LogP contribution in [0.2, 0.25) is 0 Å². The van der Waals surface area contributed by atoms with Gasteiger partial charge in [-0.2, -0.15) is 0 Å². The third kappa shape index (κ3) is 7.26. The largest absolute Gasteiger partial charge is 0.480 e. The maximum atomic E-state index is 11.3. The van der Waals surface area contributed by atoms with Crippen molar-refractivity contribution in [3.63, 3.8) is 0 Å². The molecular formula is C11H18N2O5. The Morgan fingerprint density at radius 3 is 2.61 bits per heavy atom. The quantitative estimate of drug-likeness (QED) is 0.329. The van der Waals surface area contributed by atoms with Gasteiger partial charge in [-0.15, -0.1) is 6.58 Å². The maximum absolute atomic E-state index is 11.3. The number of hydrogen-bond acceptors (Lipinski definition) is 4. The van der Waals surface area contributed by atoms with Crippen molar-refractivity contribution in [1.82, 2.24) is 10.6 Å². The van der Waals surface area contributed by atoms with Gasteiger partial charge in [-0.05, 0) is 12.8 Å². The summed E-state index contributed by atoms with van der Waals surface area (Å²) in [5, 5.41) is 13.6. The number of amides is 2. The summed E-state index contributed by atoms with van der Waals surface area (Å²) in [6.45, 7) is 3.86. The number of nitrogens with one attached hydrogen (secondary N) is 2. The molecule has 1 atom stereocenters. The van der Waals surface area contributed by atoms with Crippen molar-refractivity contribution in [1.29, 1.82) is 0 Å². The van der Waals surface area contributed by atoms with Gasteiger partial charge >= 0.3 is 18.0 Å². The molecule has 102 valence electrons. The first-order valence-electron chi connectivity index (χ1n) is 5.46. The average Bonchev–Trinajstić information content (AvgIpc) is 2.33. The monoisotopic (exact) mass is 258 g/mol. The fraction of sp³-hybridized carbons (Fsp3) is 0.545. The fourth-order valence-electron chi connectivity index (χ4n) is 1.12. The first-order valence-corrected chi connectivity index (χ1v) is 5.46. The number of carbonyl (C=O) groups excluding carboxylic acids is 2. The van der Waals surface area contributed by atoms with Crippen molar-refractivity contribution in [2.45, 2.75) is 25.3 Å². The molecule has 0 aromatic heterocycles. The van der Waals surface area contributed by atoms with Crippen LogP contribution in [-0.4, -0.2) is 42.8 Å². The molecule has 0 rings (SSSR count). The van der Waals surface area contributed by atoms with Crippen LogP contribution >= 0.6 is 0 Å². The summed E-state index contributed by atoms with van der Waals surface area (Å²) in [6, 6.07) is -1.71. The van der Waals surface area contributed by atoms with Crippen LogP contribution in [-0.2, 0) is 14.3 Å². The highest BCUT2D eigenvalue weighted by molar-refractivity contribution is 5.83. The molecule has 0 spiro atoms. The lowest BCUT2D eigenvalue weighted by molar-refractivity contribution is -0.142. The molecule has 0 radical (unpaired) electrons. The lowest BCUT2D eigenvalue weighted by atomic mass is 10.1. The van der Waals surface area contributed by atoms with Crippen molar-refractivity contribution in [3.8, 4) is 0 Å². The number of esters is 1. The second-order valence-corrected chi connectivity index (χ2v) is 3.48. The molecule has 3 N–H and O–H groups in total. The molecule has 0 fully saturated rings. The predicted octanol–water partition coefficient (Wildman–Crippen LogP) is 0.268. The van der Waals surface area contributed by atoms with Crippen molar-refractivity contribution in [2.75, 3.05) is 13.7 Å². The predicted molar refractivity (Wildman–Crippen MR) is 64.0 cm³/mol. The van der Waals surface area contributed by atoms with E-state index in [4.69, 9.17) is 5.11 Å². The van der Waals surface area contributed by atoms with Crippen molar-refractivity contribution >= 4 is 18.0 Å². The summed E-state index contributed by atoms with van der Waals surface area (Å²) in [5.41, 5.74) is 0. The second-order valence-electron chi connectivity index (χ2n) is 3.48. The summed E-state index contributed by atoms with van der Waals surface area (Å²) in [5.74, 6) is -1.71. The van der Waals surface area contributed by atoms with Crippen molar-refractivity contribution in [2.24, 2.45) is 0 Å². The van der Waals surface area contributed by atoms with Gasteiger partial charge < -0.3 is 20.5 Å². The normalized spacial score (nSPS) is 11.2. The third-order valence-corrected chi connectivity index (χ3v) is 2.10. The van der Waals surface area contributed by atoms with Gasteiger partial charge in [-0.1, -0.05) is 6.08 Å². The Kier molecular flexibility index (Phi) is 8.00. The Labute approximate surface area is 105 Å². The number of rotatable bonds is 8. The molecule has 0 aromatic rings. The Morgan fingerprint density at radius 2 is 2.11 bits per heavy atom. The number of hydrogen-bond donors (Lipinski definition) is 3. The molecule has 0 aromatic carbocycles. The summed E-state index contributed by atoms with van der Waals surface area (Å²) in [4.78, 5) is 33.0. The molecule has 0 unspecified atom stereocenters. The lowest BCUT2D eigenvalue weighted by Gasteiger charge is -2.14. The van der Waals surface area contributed by atoms with E-state index in [0.29, 0.717) is 13.0 Å². The number of ether oxygens (including phenoxy) is 1. The number of carboxylic acids is 1. The molecular weight excluding hydrogens is 240 g/mol. The molecule has 0 heterocycles. The smallest absolute Gasteiger partial charge is 0.326 e. The molecule has 18 heavy (non-hydrogen) atoms. The molecule has 0 aliphatic rings. The highest BCUT2D eigenvalue weighted by Gasteiger charge is 2.20. The van der Waals surface area contributed by atoms with Gasteiger partial charge in [0.15, 0.2) is 0 Å². The first-order chi connectivity index (χ1) is 8.51. The van der Waals surface area contributed by atoms with E-state index in [-0.39, 0.29) is 12.8 Å². The van der Waals surface area contributed by atoms with Crippen LogP contribution in [0.3, 0.4) is 0 Å². The summed E-state index contributed by atoms with van der Waals surface area (Å²) in [6.07, 6.45) is 2.14. The maximum Gasteiger partial charge on any atom is 0.326 e. The zero-order chi connectivity index (χ0) is 14.0. The average molecular weight is 258 g/mol. The van der Waals surface area contributed by atoms with Gasteiger partial charge in [0.05, 0.1) is 7.11 Å². The van der Waals surface area contributed by atoms with Crippen LogP contribution in [0.4, 0.5) is 4.79 Å². The zero-order valence-corrected chi connectivity index (χ0v) is 10.3. The molecule has 0 aliphatic carbocycles. The molecule has 0 saturated heterocycles. The minimum Gasteiger partial charge on any atom is -0.480 e. The Bertz CT molecular complexity index is 317. The van der Waals surface area contributed by atoms with Crippen LogP contribution in [0.25, 0.3) is 0 Å².